The molecule has 1 aromatic heterocycles. The van der Waals surface area contributed by atoms with E-state index in [-0.39, 0.29) is 29.9 Å². The van der Waals surface area contributed by atoms with E-state index in [0.717, 1.165) is 6.42 Å². The van der Waals surface area contributed by atoms with Crippen molar-refractivity contribution in [3.05, 3.63) is 12.3 Å². The van der Waals surface area contributed by atoms with Gasteiger partial charge in [-0.3, -0.25) is 14.3 Å². The molecule has 0 aromatic carbocycles. The Labute approximate surface area is 124 Å². The van der Waals surface area contributed by atoms with E-state index in [2.05, 4.69) is 10.4 Å². The summed E-state index contributed by atoms with van der Waals surface area (Å²) in [5.74, 6) is 0.123. The molecule has 21 heavy (non-hydrogen) atoms. The first-order chi connectivity index (χ1) is 9.93. The van der Waals surface area contributed by atoms with Crippen LogP contribution in [0.5, 0.6) is 0 Å². The summed E-state index contributed by atoms with van der Waals surface area (Å²) in [5, 5.41) is 6.94. The fourth-order valence-corrected chi connectivity index (χ4v) is 2.90. The van der Waals surface area contributed by atoms with Crippen LogP contribution in [-0.4, -0.2) is 52.8 Å². The molecule has 0 unspecified atom stereocenters. The average molecular weight is 294 g/mol. The quantitative estimate of drug-likeness (QED) is 0.883. The van der Waals surface area contributed by atoms with Crippen molar-refractivity contribution in [1.82, 2.24) is 14.7 Å². The lowest BCUT2D eigenvalue weighted by Gasteiger charge is -2.29. The highest BCUT2D eigenvalue weighted by molar-refractivity contribution is 5.92. The maximum atomic E-state index is 12.4. The molecule has 0 bridgehead atoms. The van der Waals surface area contributed by atoms with E-state index >= 15 is 0 Å². The maximum Gasteiger partial charge on any atom is 0.231 e. The fourth-order valence-electron chi connectivity index (χ4n) is 2.90. The predicted molar refractivity (Wildman–Crippen MR) is 77.6 cm³/mol. The third-order valence-corrected chi connectivity index (χ3v) is 4.12. The molecule has 3 atom stereocenters. The van der Waals surface area contributed by atoms with Crippen molar-refractivity contribution in [2.45, 2.75) is 31.9 Å². The van der Waals surface area contributed by atoms with Crippen LogP contribution in [0.3, 0.4) is 0 Å². The van der Waals surface area contributed by atoms with Gasteiger partial charge in [0.05, 0.1) is 18.1 Å². The summed E-state index contributed by atoms with van der Waals surface area (Å²) in [5.41, 5.74) is 0. The second-order valence-electron chi connectivity index (χ2n) is 5.45. The number of anilines is 1. The predicted octanol–water partition coefficient (Wildman–Crippen LogP) is 0.630. The van der Waals surface area contributed by atoms with Crippen LogP contribution in [0.1, 0.15) is 19.8 Å². The Hall–Kier alpha value is -1.89. The van der Waals surface area contributed by atoms with Crippen LogP contribution >= 0.6 is 0 Å². The van der Waals surface area contributed by atoms with Crippen LogP contribution in [0.2, 0.25) is 0 Å². The van der Waals surface area contributed by atoms with Gasteiger partial charge in [-0.1, -0.05) is 0 Å². The third kappa shape index (κ3) is 3.24. The molecule has 1 aromatic rings. The van der Waals surface area contributed by atoms with Gasteiger partial charge in [0.25, 0.3) is 0 Å². The Morgan fingerprint density at radius 2 is 2.19 bits per heavy atom. The minimum atomic E-state index is -0.289. The van der Waals surface area contributed by atoms with Gasteiger partial charge < -0.3 is 15.0 Å². The van der Waals surface area contributed by atoms with Crippen LogP contribution in [0.15, 0.2) is 12.3 Å². The highest BCUT2D eigenvalue weighted by Gasteiger charge is 2.43. The number of aryl methyl sites for hydroxylation is 1. The summed E-state index contributed by atoms with van der Waals surface area (Å²) in [7, 11) is 5.12. The molecule has 0 radical (unpaired) electrons. The number of methoxy groups -OCH3 is 1. The van der Waals surface area contributed by atoms with Crippen molar-refractivity contribution in [3.63, 3.8) is 0 Å². The second kappa shape index (κ2) is 6.26. The van der Waals surface area contributed by atoms with Crippen molar-refractivity contribution in [1.29, 1.82) is 0 Å². The van der Waals surface area contributed by atoms with Crippen LogP contribution in [0, 0.1) is 5.92 Å². The van der Waals surface area contributed by atoms with Gasteiger partial charge in [0.15, 0.2) is 5.82 Å². The first kappa shape index (κ1) is 15.5. The molecule has 0 aliphatic heterocycles. The zero-order valence-electron chi connectivity index (χ0n) is 12.9. The normalized spacial score (nSPS) is 24.9. The summed E-state index contributed by atoms with van der Waals surface area (Å²) in [4.78, 5) is 25.6. The van der Waals surface area contributed by atoms with Gasteiger partial charge in [0.2, 0.25) is 11.8 Å². The van der Waals surface area contributed by atoms with E-state index in [4.69, 9.17) is 4.74 Å². The van der Waals surface area contributed by atoms with E-state index in [1.807, 2.05) is 0 Å². The molecule has 116 valence electrons. The SMILES string of the molecule is CO[C@@H]1[C@H](N(C)C(C)=O)CC[C@H]1C(=O)Nc1ccn(C)n1. The molecule has 1 heterocycles. The number of amides is 2. The molecule has 1 N–H and O–H groups in total. The van der Waals surface area contributed by atoms with E-state index in [1.54, 1.807) is 43.1 Å². The number of nitrogens with zero attached hydrogens (tertiary/aromatic N) is 3. The number of carbonyl (C=O) groups is 2. The first-order valence-corrected chi connectivity index (χ1v) is 7.00. The molecular weight excluding hydrogens is 272 g/mol. The standard InChI is InChI=1S/C14H22N4O3/c1-9(19)18(3)11-6-5-10(13(11)21-4)14(20)15-12-7-8-17(2)16-12/h7-8,10-11,13H,5-6H2,1-4H3,(H,15,16,20)/t10-,11-,13+/m1/s1. The Bertz CT molecular complexity index is 528. The minimum absolute atomic E-state index is 0.0205. The topological polar surface area (TPSA) is 76.5 Å². The summed E-state index contributed by atoms with van der Waals surface area (Å²) in [6.07, 6.45) is 2.93. The first-order valence-electron chi connectivity index (χ1n) is 7.00. The van der Waals surface area contributed by atoms with E-state index < -0.39 is 0 Å². The van der Waals surface area contributed by atoms with E-state index in [0.29, 0.717) is 12.2 Å². The molecule has 0 saturated heterocycles. The van der Waals surface area contributed by atoms with Crippen molar-refractivity contribution >= 4 is 17.6 Å². The van der Waals surface area contributed by atoms with Gasteiger partial charge in [0.1, 0.15) is 0 Å². The van der Waals surface area contributed by atoms with Gasteiger partial charge in [-0.2, -0.15) is 5.10 Å². The van der Waals surface area contributed by atoms with Gasteiger partial charge in [-0.25, -0.2) is 0 Å². The number of nitrogens with one attached hydrogen (secondary N) is 1. The zero-order valence-corrected chi connectivity index (χ0v) is 12.9. The lowest BCUT2D eigenvalue weighted by molar-refractivity contribution is -0.134. The maximum absolute atomic E-state index is 12.4. The molecule has 2 rings (SSSR count). The van der Waals surface area contributed by atoms with E-state index in [1.165, 1.54) is 6.92 Å². The lowest BCUT2D eigenvalue weighted by Crippen LogP contribution is -2.45. The van der Waals surface area contributed by atoms with Crippen molar-refractivity contribution in [2.75, 3.05) is 19.5 Å². The van der Waals surface area contributed by atoms with Crippen molar-refractivity contribution in [3.8, 4) is 0 Å². The molecule has 0 spiro atoms. The Kier molecular flexibility index (Phi) is 4.62. The zero-order chi connectivity index (χ0) is 15.6. The number of aromatic nitrogens is 2. The van der Waals surface area contributed by atoms with Gasteiger partial charge in [0, 0.05) is 40.4 Å². The molecule has 7 heteroatoms. The van der Waals surface area contributed by atoms with Crippen LogP contribution < -0.4 is 5.32 Å². The molecule has 1 aliphatic carbocycles. The van der Waals surface area contributed by atoms with Gasteiger partial charge >= 0.3 is 0 Å². The summed E-state index contributed by atoms with van der Waals surface area (Å²) in [6.45, 7) is 1.52. The Balaban J connectivity index is 2.05. The number of ether oxygens (including phenoxy) is 1. The molecule has 1 saturated carbocycles. The fraction of sp³-hybridized carbons (Fsp3) is 0.643. The van der Waals surface area contributed by atoms with Crippen LogP contribution in [-0.2, 0) is 21.4 Å². The molecule has 7 nitrogen and oxygen atoms in total. The largest absolute Gasteiger partial charge is 0.378 e. The summed E-state index contributed by atoms with van der Waals surface area (Å²) in [6, 6.07) is 1.68. The monoisotopic (exact) mass is 294 g/mol. The summed E-state index contributed by atoms with van der Waals surface area (Å²) >= 11 is 0. The van der Waals surface area contributed by atoms with Crippen LogP contribution in [0.4, 0.5) is 5.82 Å². The number of rotatable bonds is 4. The van der Waals surface area contributed by atoms with Crippen molar-refractivity contribution in [2.24, 2.45) is 13.0 Å². The molecule has 1 fully saturated rings. The number of hydrogen-bond donors (Lipinski definition) is 1. The Morgan fingerprint density at radius 3 is 2.71 bits per heavy atom. The number of likely N-dealkylation sites (N-methyl/N-ethyl adjacent to an activating group) is 1. The van der Waals surface area contributed by atoms with Gasteiger partial charge in [-0.15, -0.1) is 0 Å². The number of hydrogen-bond acceptors (Lipinski definition) is 4. The Morgan fingerprint density at radius 1 is 1.48 bits per heavy atom. The van der Waals surface area contributed by atoms with E-state index in [9.17, 15) is 9.59 Å². The molecule has 1 aliphatic rings. The number of carbonyl (C=O) groups excluding carboxylic acids is 2. The smallest absolute Gasteiger partial charge is 0.231 e. The lowest BCUT2D eigenvalue weighted by atomic mass is 10.0. The summed E-state index contributed by atoms with van der Waals surface area (Å²) < 4.78 is 7.12. The van der Waals surface area contributed by atoms with Gasteiger partial charge in [-0.05, 0) is 12.8 Å². The molecule has 2 amide bonds. The third-order valence-electron chi connectivity index (χ3n) is 4.12. The highest BCUT2D eigenvalue weighted by atomic mass is 16.5. The molecular formula is C14H22N4O3. The van der Waals surface area contributed by atoms with Crippen molar-refractivity contribution < 1.29 is 14.3 Å². The van der Waals surface area contributed by atoms with Crippen LogP contribution in [0.25, 0.3) is 0 Å². The highest BCUT2D eigenvalue weighted by Crippen LogP contribution is 2.32. The minimum Gasteiger partial charge on any atom is -0.378 e. The average Bonchev–Trinajstić information content (AvgIpc) is 3.03. The second-order valence-corrected chi connectivity index (χ2v) is 5.45.